The van der Waals surface area contributed by atoms with Gasteiger partial charge in [-0.25, -0.2) is 4.98 Å². The summed E-state index contributed by atoms with van der Waals surface area (Å²) in [5.41, 5.74) is 0.438. The molecule has 0 unspecified atom stereocenters. The average Bonchev–Trinajstić information content (AvgIpc) is 2.93. The van der Waals surface area contributed by atoms with Crippen LogP contribution in [0.25, 0.3) is 9.88 Å². The number of nitrogens with zero attached hydrogens (tertiary/aromatic N) is 1. The molecule has 2 aromatic heterocycles. The fourth-order valence-electron chi connectivity index (χ4n) is 1.37. The number of hydrogen-bond donors (Lipinski definition) is 1. The molecule has 102 valence electrons. The van der Waals surface area contributed by atoms with Crippen molar-refractivity contribution in [2.75, 3.05) is 6.54 Å². The fourth-order valence-corrected chi connectivity index (χ4v) is 3.15. The van der Waals surface area contributed by atoms with Crippen molar-refractivity contribution in [3.63, 3.8) is 0 Å². The number of aromatic nitrogens is 1. The lowest BCUT2D eigenvalue weighted by atomic mass is 10.3. The Kier molecular flexibility index (Phi) is 3.91. The second-order valence-electron chi connectivity index (χ2n) is 3.71. The molecule has 0 spiro atoms. The molecule has 1 amide bonds. The Morgan fingerprint density at radius 3 is 2.79 bits per heavy atom. The predicted molar refractivity (Wildman–Crippen MR) is 68.6 cm³/mol. The molecule has 0 aromatic carbocycles. The molecule has 0 radical (unpaired) electrons. The molecular formula is C11H9F3N2OS2. The zero-order valence-corrected chi connectivity index (χ0v) is 11.4. The van der Waals surface area contributed by atoms with Gasteiger partial charge in [0.2, 0.25) is 0 Å². The molecule has 0 aliphatic rings. The van der Waals surface area contributed by atoms with Crippen LogP contribution >= 0.6 is 22.7 Å². The maximum absolute atomic E-state index is 12.0. The highest BCUT2D eigenvalue weighted by molar-refractivity contribution is 7.22. The van der Waals surface area contributed by atoms with E-state index in [4.69, 9.17) is 0 Å². The van der Waals surface area contributed by atoms with Crippen LogP contribution in [0.2, 0.25) is 0 Å². The molecule has 0 fully saturated rings. The van der Waals surface area contributed by atoms with Crippen molar-refractivity contribution in [1.29, 1.82) is 0 Å². The first kappa shape index (κ1) is 14.0. The van der Waals surface area contributed by atoms with E-state index in [2.05, 4.69) is 4.98 Å². The summed E-state index contributed by atoms with van der Waals surface area (Å²) in [6, 6.07) is 3.69. The number of rotatable bonds is 3. The Morgan fingerprint density at radius 1 is 1.47 bits per heavy atom. The highest BCUT2D eigenvalue weighted by Gasteiger charge is 2.28. The van der Waals surface area contributed by atoms with Crippen molar-refractivity contribution in [3.8, 4) is 9.88 Å². The van der Waals surface area contributed by atoms with E-state index in [-0.39, 0.29) is 4.88 Å². The van der Waals surface area contributed by atoms with Gasteiger partial charge in [-0.15, -0.1) is 22.7 Å². The Labute approximate surface area is 115 Å². The zero-order valence-electron chi connectivity index (χ0n) is 9.75. The SMILES string of the molecule is Cc1nc(-c2cccs2)sc1C(=O)NCC(F)(F)F. The van der Waals surface area contributed by atoms with Gasteiger partial charge in [-0.3, -0.25) is 4.79 Å². The predicted octanol–water partition coefficient (Wildman–Crippen LogP) is 3.47. The average molecular weight is 306 g/mol. The number of carbonyl (C=O) groups is 1. The Morgan fingerprint density at radius 2 is 2.21 bits per heavy atom. The Bertz CT molecular complexity index is 575. The van der Waals surface area contributed by atoms with Gasteiger partial charge in [-0.2, -0.15) is 13.2 Å². The summed E-state index contributed by atoms with van der Waals surface area (Å²) in [6.07, 6.45) is -4.41. The first-order valence-corrected chi connectivity index (χ1v) is 6.92. The van der Waals surface area contributed by atoms with E-state index < -0.39 is 18.6 Å². The second kappa shape index (κ2) is 5.30. The van der Waals surface area contributed by atoms with Gasteiger partial charge in [0.15, 0.2) is 0 Å². The lowest BCUT2D eigenvalue weighted by Gasteiger charge is -2.07. The van der Waals surface area contributed by atoms with E-state index in [1.165, 1.54) is 11.3 Å². The second-order valence-corrected chi connectivity index (χ2v) is 5.66. The number of thiazole rings is 1. The van der Waals surface area contributed by atoms with Crippen LogP contribution < -0.4 is 5.32 Å². The molecule has 2 heterocycles. The molecule has 0 aliphatic heterocycles. The third-order valence-electron chi connectivity index (χ3n) is 2.18. The summed E-state index contributed by atoms with van der Waals surface area (Å²) in [4.78, 5) is 17.0. The molecular weight excluding hydrogens is 297 g/mol. The molecule has 3 nitrogen and oxygen atoms in total. The molecule has 19 heavy (non-hydrogen) atoms. The largest absolute Gasteiger partial charge is 0.405 e. The number of nitrogens with one attached hydrogen (secondary N) is 1. The van der Waals surface area contributed by atoms with Crippen LogP contribution in [0.3, 0.4) is 0 Å². The summed E-state index contributed by atoms with van der Waals surface area (Å²) in [6.45, 7) is 0.271. The lowest BCUT2D eigenvalue weighted by Crippen LogP contribution is -2.33. The van der Waals surface area contributed by atoms with E-state index in [9.17, 15) is 18.0 Å². The number of carbonyl (C=O) groups excluding carboxylic acids is 1. The van der Waals surface area contributed by atoms with Crippen LogP contribution in [0, 0.1) is 6.92 Å². The van der Waals surface area contributed by atoms with Crippen molar-refractivity contribution in [2.45, 2.75) is 13.1 Å². The maximum atomic E-state index is 12.0. The van der Waals surface area contributed by atoms with E-state index in [0.717, 1.165) is 16.2 Å². The number of thiophene rings is 1. The van der Waals surface area contributed by atoms with Crippen LogP contribution in [-0.4, -0.2) is 23.6 Å². The highest BCUT2D eigenvalue weighted by Crippen LogP contribution is 2.31. The van der Waals surface area contributed by atoms with E-state index >= 15 is 0 Å². The van der Waals surface area contributed by atoms with Gasteiger partial charge < -0.3 is 5.32 Å². The first-order valence-electron chi connectivity index (χ1n) is 5.23. The smallest absolute Gasteiger partial charge is 0.342 e. The normalized spacial score (nSPS) is 11.6. The molecule has 2 aromatic rings. The molecule has 0 atom stereocenters. The number of alkyl halides is 3. The van der Waals surface area contributed by atoms with Crippen molar-refractivity contribution in [3.05, 3.63) is 28.1 Å². The molecule has 0 bridgehead atoms. The quantitative estimate of drug-likeness (QED) is 0.943. The number of halogens is 3. The third kappa shape index (κ3) is 3.54. The zero-order chi connectivity index (χ0) is 14.0. The number of aryl methyl sites for hydroxylation is 1. The first-order chi connectivity index (χ1) is 8.87. The lowest BCUT2D eigenvalue weighted by molar-refractivity contribution is -0.123. The van der Waals surface area contributed by atoms with Crippen LogP contribution in [0.1, 0.15) is 15.4 Å². The molecule has 0 saturated heterocycles. The number of hydrogen-bond acceptors (Lipinski definition) is 4. The summed E-state index contributed by atoms with van der Waals surface area (Å²) >= 11 is 2.56. The van der Waals surface area contributed by atoms with Gasteiger partial charge in [0, 0.05) is 0 Å². The van der Waals surface area contributed by atoms with Gasteiger partial charge in [0.05, 0.1) is 10.6 Å². The standard InChI is InChI=1S/C11H9F3N2OS2/c1-6-8(9(17)15-5-11(12,13)14)19-10(16-6)7-3-2-4-18-7/h2-4H,5H2,1H3,(H,15,17). The van der Waals surface area contributed by atoms with Crippen LogP contribution in [0.15, 0.2) is 17.5 Å². The minimum absolute atomic E-state index is 0.215. The van der Waals surface area contributed by atoms with E-state index in [1.54, 1.807) is 6.92 Å². The maximum Gasteiger partial charge on any atom is 0.405 e. The minimum atomic E-state index is -4.41. The van der Waals surface area contributed by atoms with Crippen molar-refractivity contribution < 1.29 is 18.0 Å². The van der Waals surface area contributed by atoms with Crippen LogP contribution in [0.4, 0.5) is 13.2 Å². The summed E-state index contributed by atoms with van der Waals surface area (Å²) < 4.78 is 36.1. The molecule has 1 N–H and O–H groups in total. The Hall–Kier alpha value is -1.41. The third-order valence-corrected chi connectivity index (χ3v) is 4.38. The van der Waals surface area contributed by atoms with Crippen LogP contribution in [0.5, 0.6) is 0 Å². The van der Waals surface area contributed by atoms with Crippen molar-refractivity contribution in [1.82, 2.24) is 10.3 Å². The molecule has 2 rings (SSSR count). The van der Waals surface area contributed by atoms with Gasteiger partial charge in [-0.05, 0) is 18.4 Å². The molecule has 0 aliphatic carbocycles. The summed E-state index contributed by atoms with van der Waals surface area (Å²) in [5.74, 6) is -0.741. The monoisotopic (exact) mass is 306 g/mol. The Balaban J connectivity index is 2.15. The topological polar surface area (TPSA) is 42.0 Å². The van der Waals surface area contributed by atoms with E-state index in [0.29, 0.717) is 10.7 Å². The molecule has 0 saturated carbocycles. The van der Waals surface area contributed by atoms with Gasteiger partial charge in [-0.1, -0.05) is 6.07 Å². The van der Waals surface area contributed by atoms with Gasteiger partial charge >= 0.3 is 6.18 Å². The van der Waals surface area contributed by atoms with Crippen molar-refractivity contribution >= 4 is 28.6 Å². The molecule has 8 heteroatoms. The highest BCUT2D eigenvalue weighted by atomic mass is 32.1. The van der Waals surface area contributed by atoms with E-state index in [1.807, 2.05) is 22.8 Å². The summed E-state index contributed by atoms with van der Waals surface area (Å²) in [7, 11) is 0. The van der Waals surface area contributed by atoms with Crippen LogP contribution in [-0.2, 0) is 0 Å². The van der Waals surface area contributed by atoms with Crippen molar-refractivity contribution in [2.24, 2.45) is 0 Å². The van der Waals surface area contributed by atoms with Gasteiger partial charge in [0.25, 0.3) is 5.91 Å². The fraction of sp³-hybridized carbons (Fsp3) is 0.273. The van der Waals surface area contributed by atoms with Gasteiger partial charge in [0.1, 0.15) is 16.4 Å². The summed E-state index contributed by atoms with van der Waals surface area (Å²) in [5, 5.41) is 4.36. The minimum Gasteiger partial charge on any atom is -0.342 e. The number of amides is 1.